The lowest BCUT2D eigenvalue weighted by Gasteiger charge is -2.51. The van der Waals surface area contributed by atoms with E-state index in [9.17, 15) is 30.3 Å². The largest absolute Gasteiger partial charge is 0.459 e. The van der Waals surface area contributed by atoms with Crippen molar-refractivity contribution in [1.29, 1.82) is 0 Å². The lowest BCUT2D eigenvalue weighted by atomic mass is 9.57. The van der Waals surface area contributed by atoms with E-state index in [1.165, 1.54) is 6.92 Å². The normalized spacial score (nSPS) is 58.3. The summed E-state index contributed by atoms with van der Waals surface area (Å²) in [6.45, 7) is 8.16. The van der Waals surface area contributed by atoms with Gasteiger partial charge in [0.2, 0.25) is 0 Å². The van der Waals surface area contributed by atoms with Crippen LogP contribution in [-0.2, 0) is 9.53 Å². The molecule has 4 saturated carbocycles. The second kappa shape index (κ2) is 5.94. The van der Waals surface area contributed by atoms with Crippen LogP contribution in [0.5, 0.6) is 0 Å². The Morgan fingerprint density at radius 2 is 1.62 bits per heavy atom. The third-order valence-electron chi connectivity index (χ3n) is 9.55. The van der Waals surface area contributed by atoms with Crippen molar-refractivity contribution in [2.75, 3.05) is 0 Å². The molecule has 0 amide bonds. The van der Waals surface area contributed by atoms with Gasteiger partial charge in [-0.3, -0.25) is 4.79 Å². The summed E-state index contributed by atoms with van der Waals surface area (Å²) in [4.78, 5) is 12.0. The highest BCUT2D eigenvalue weighted by atomic mass is 16.6. The van der Waals surface area contributed by atoms with Gasteiger partial charge in [-0.05, 0) is 51.9 Å². The summed E-state index contributed by atoms with van der Waals surface area (Å²) < 4.78 is 5.67. The first-order valence-corrected chi connectivity index (χ1v) is 10.8. The highest BCUT2D eigenvalue weighted by Crippen LogP contribution is 2.70. The van der Waals surface area contributed by atoms with E-state index in [-0.39, 0.29) is 25.2 Å². The van der Waals surface area contributed by atoms with Crippen LogP contribution in [0.4, 0.5) is 0 Å². The number of fused-ring (bicyclic) bond motifs is 2. The van der Waals surface area contributed by atoms with Crippen LogP contribution in [0.15, 0.2) is 0 Å². The van der Waals surface area contributed by atoms with Gasteiger partial charge in [0, 0.05) is 29.6 Å². The van der Waals surface area contributed by atoms with E-state index in [4.69, 9.17) is 4.74 Å². The quantitative estimate of drug-likeness (QED) is 0.402. The number of ether oxygens (including phenoxy) is 1. The first kappa shape index (κ1) is 21.5. The average Bonchev–Trinajstić information content (AvgIpc) is 2.78. The number of aliphatic hydroxyl groups excluding tert-OH is 2. The lowest BCUT2D eigenvalue weighted by Crippen LogP contribution is -2.61. The molecule has 1 spiro atoms. The van der Waals surface area contributed by atoms with Gasteiger partial charge in [0.15, 0.2) is 0 Å². The smallest absolute Gasteiger partial charge is 0.303 e. The third-order valence-corrected chi connectivity index (χ3v) is 9.55. The highest BCUT2D eigenvalue weighted by molar-refractivity contribution is 5.66. The van der Waals surface area contributed by atoms with Gasteiger partial charge in [0.1, 0.15) is 11.7 Å². The standard InChI is InChI=1S/C22H36O7/c1-11(23)29-16-9-21-10-19(4,26)12(17(21)25)6-7-13(21)20(5,27)14-8-15(24)18(2,3)22(14,16)28/h12-17,24-28H,6-10H2,1-5H3/t12?,13-,14-,15-,16-,17-,19+,20+,21?,22-/m0/s1. The van der Waals surface area contributed by atoms with Crippen molar-refractivity contribution in [2.24, 2.45) is 28.6 Å². The number of hydrogen-bond acceptors (Lipinski definition) is 7. The van der Waals surface area contributed by atoms with E-state index in [0.717, 1.165) is 0 Å². The molecule has 5 N–H and O–H groups in total. The van der Waals surface area contributed by atoms with E-state index in [0.29, 0.717) is 12.8 Å². The van der Waals surface area contributed by atoms with Gasteiger partial charge >= 0.3 is 5.97 Å². The van der Waals surface area contributed by atoms with Crippen LogP contribution in [0.2, 0.25) is 0 Å². The molecule has 166 valence electrons. The van der Waals surface area contributed by atoms with Gasteiger partial charge in [-0.1, -0.05) is 13.8 Å². The SMILES string of the molecule is CC(=O)O[C@H]1CC23C[C@@](C)(O)C(CC[C@H]2[C@@](C)(O)[C@@H]2C[C@H](O)C(C)(C)[C@@]12O)[C@@H]3O. The molecule has 0 aliphatic heterocycles. The Balaban J connectivity index is 1.93. The maximum Gasteiger partial charge on any atom is 0.303 e. The summed E-state index contributed by atoms with van der Waals surface area (Å²) in [5, 5.41) is 57.1. The summed E-state index contributed by atoms with van der Waals surface area (Å²) in [5.41, 5.74) is -6.08. The van der Waals surface area contributed by atoms with E-state index in [1.54, 1.807) is 27.7 Å². The number of carbonyl (C=O) groups is 1. The van der Waals surface area contributed by atoms with Gasteiger partial charge in [-0.2, -0.15) is 0 Å². The van der Waals surface area contributed by atoms with Crippen LogP contribution in [0.3, 0.4) is 0 Å². The predicted octanol–water partition coefficient (Wildman–Crippen LogP) is 0.739. The van der Waals surface area contributed by atoms with Crippen LogP contribution in [0, 0.1) is 28.6 Å². The van der Waals surface area contributed by atoms with E-state index in [2.05, 4.69) is 0 Å². The van der Waals surface area contributed by atoms with E-state index < -0.39 is 63.8 Å². The summed E-state index contributed by atoms with van der Waals surface area (Å²) in [7, 11) is 0. The monoisotopic (exact) mass is 412 g/mol. The second-order valence-electron chi connectivity index (χ2n) is 11.3. The molecule has 0 radical (unpaired) electrons. The van der Waals surface area contributed by atoms with Crippen molar-refractivity contribution >= 4 is 5.97 Å². The topological polar surface area (TPSA) is 127 Å². The second-order valence-corrected chi connectivity index (χ2v) is 11.3. The fourth-order valence-corrected chi connectivity index (χ4v) is 8.10. The maximum absolute atomic E-state index is 12.1. The number of hydrogen-bond donors (Lipinski definition) is 5. The van der Waals surface area contributed by atoms with Crippen molar-refractivity contribution < 1.29 is 35.1 Å². The first-order valence-electron chi connectivity index (χ1n) is 10.8. The molecule has 0 heterocycles. The first-order chi connectivity index (χ1) is 13.1. The molecule has 0 aromatic heterocycles. The number of aliphatic hydroxyl groups is 5. The number of carbonyl (C=O) groups excluding carboxylic acids is 1. The van der Waals surface area contributed by atoms with E-state index in [1.807, 2.05) is 0 Å². The minimum atomic E-state index is -1.67. The molecular formula is C22H36O7. The van der Waals surface area contributed by atoms with Crippen molar-refractivity contribution in [3.63, 3.8) is 0 Å². The molecule has 7 heteroatoms. The zero-order valence-corrected chi connectivity index (χ0v) is 18.1. The Morgan fingerprint density at radius 1 is 1.00 bits per heavy atom. The molecule has 0 aromatic rings. The summed E-state index contributed by atoms with van der Waals surface area (Å²) >= 11 is 0. The Kier molecular flexibility index (Phi) is 4.41. The average molecular weight is 413 g/mol. The van der Waals surface area contributed by atoms with Crippen molar-refractivity contribution in [1.82, 2.24) is 0 Å². The van der Waals surface area contributed by atoms with Crippen molar-refractivity contribution in [3.05, 3.63) is 0 Å². The summed E-state index contributed by atoms with van der Waals surface area (Å²) in [6.07, 6.45) is -0.972. The molecular weight excluding hydrogens is 376 g/mol. The van der Waals surface area contributed by atoms with Gasteiger partial charge < -0.3 is 30.3 Å². The minimum Gasteiger partial charge on any atom is -0.459 e. The molecule has 4 aliphatic carbocycles. The Hall–Kier alpha value is -0.730. The molecule has 4 aliphatic rings. The third kappa shape index (κ3) is 2.45. The minimum absolute atomic E-state index is 0.143. The van der Waals surface area contributed by atoms with Crippen LogP contribution in [0.1, 0.15) is 66.7 Å². The van der Waals surface area contributed by atoms with Crippen LogP contribution in [0.25, 0.3) is 0 Å². The lowest BCUT2D eigenvalue weighted by molar-refractivity contribution is -0.213. The molecule has 4 rings (SSSR count). The fourth-order valence-electron chi connectivity index (χ4n) is 8.10. The summed E-state index contributed by atoms with van der Waals surface area (Å²) in [6, 6.07) is 0. The molecule has 7 nitrogen and oxygen atoms in total. The molecule has 0 aromatic carbocycles. The van der Waals surface area contributed by atoms with Crippen molar-refractivity contribution in [3.8, 4) is 0 Å². The van der Waals surface area contributed by atoms with Gasteiger partial charge in [-0.25, -0.2) is 0 Å². The fraction of sp³-hybridized carbons (Fsp3) is 0.955. The maximum atomic E-state index is 12.1. The Labute approximate surface area is 172 Å². The van der Waals surface area contributed by atoms with Crippen molar-refractivity contribution in [2.45, 2.75) is 102 Å². The molecule has 4 fully saturated rings. The molecule has 2 unspecified atom stereocenters. The van der Waals surface area contributed by atoms with Crippen LogP contribution < -0.4 is 0 Å². The molecule has 2 bridgehead atoms. The van der Waals surface area contributed by atoms with Crippen LogP contribution in [-0.4, -0.2) is 66.6 Å². The predicted molar refractivity (Wildman–Crippen MR) is 104 cm³/mol. The van der Waals surface area contributed by atoms with Crippen LogP contribution >= 0.6 is 0 Å². The number of esters is 1. The zero-order valence-electron chi connectivity index (χ0n) is 18.1. The molecule has 10 atom stereocenters. The van der Waals surface area contributed by atoms with Gasteiger partial charge in [0.05, 0.1) is 23.4 Å². The van der Waals surface area contributed by atoms with Gasteiger partial charge in [0.25, 0.3) is 0 Å². The molecule has 29 heavy (non-hydrogen) atoms. The summed E-state index contributed by atoms with van der Waals surface area (Å²) in [5.74, 6) is -2.00. The Bertz CT molecular complexity index is 716. The zero-order chi connectivity index (χ0) is 21.8. The van der Waals surface area contributed by atoms with Gasteiger partial charge in [-0.15, -0.1) is 0 Å². The highest BCUT2D eigenvalue weighted by Gasteiger charge is 2.77. The number of rotatable bonds is 1. The molecule has 0 saturated heterocycles. The van der Waals surface area contributed by atoms with E-state index >= 15 is 0 Å². The Morgan fingerprint density at radius 3 is 2.21 bits per heavy atom.